The van der Waals surface area contributed by atoms with Crippen LogP contribution in [0.5, 0.6) is 0 Å². The van der Waals surface area contributed by atoms with Gasteiger partial charge in [-0.3, -0.25) is 20.4 Å². The van der Waals surface area contributed by atoms with Crippen molar-refractivity contribution in [1.29, 1.82) is 0 Å². The van der Waals surface area contributed by atoms with Crippen LogP contribution in [-0.2, 0) is 4.79 Å². The zero-order valence-electron chi connectivity index (χ0n) is 15.7. The van der Waals surface area contributed by atoms with E-state index >= 15 is 0 Å². The normalized spacial score (nSPS) is 31.2. The zero-order valence-corrected chi connectivity index (χ0v) is 15.7. The molecule has 5 N–H and O–H groups in total. The molecule has 0 spiro atoms. The molecule has 1 saturated carbocycles. The van der Waals surface area contributed by atoms with Gasteiger partial charge in [-0.05, 0) is 30.9 Å². The van der Waals surface area contributed by atoms with E-state index < -0.39 is 12.0 Å². The SMILES string of the molecule is CC(=O)NC1(N)C(N)N(CC2CCCCC2)CCN1N1C=CC=CC=C1. The Morgan fingerprint density at radius 1 is 1.12 bits per heavy atom. The molecule has 26 heavy (non-hydrogen) atoms. The summed E-state index contributed by atoms with van der Waals surface area (Å²) in [4.78, 5) is 14.1. The average molecular weight is 361 g/mol. The monoisotopic (exact) mass is 360 g/mol. The molecule has 3 aliphatic rings. The van der Waals surface area contributed by atoms with Gasteiger partial charge in [0.1, 0.15) is 6.17 Å². The molecular formula is C19H32N6O. The number of hydrazine groups is 1. The zero-order chi connectivity index (χ0) is 18.6. The van der Waals surface area contributed by atoms with Crippen LogP contribution in [0.3, 0.4) is 0 Å². The first-order valence-electron chi connectivity index (χ1n) is 9.65. The molecule has 2 aliphatic heterocycles. The fraction of sp³-hybridized carbons (Fsp3) is 0.632. The first kappa shape index (κ1) is 19.1. The molecule has 144 valence electrons. The summed E-state index contributed by atoms with van der Waals surface area (Å²) in [6.07, 6.45) is 17.6. The van der Waals surface area contributed by atoms with Gasteiger partial charge in [0, 0.05) is 39.0 Å². The van der Waals surface area contributed by atoms with E-state index in [9.17, 15) is 4.79 Å². The quantitative estimate of drug-likeness (QED) is 0.649. The smallest absolute Gasteiger partial charge is 0.219 e. The molecule has 2 atom stereocenters. The van der Waals surface area contributed by atoms with Crippen LogP contribution in [0.25, 0.3) is 0 Å². The number of rotatable bonds is 4. The average Bonchev–Trinajstić information content (AvgIpc) is 2.89. The van der Waals surface area contributed by atoms with Crippen molar-refractivity contribution < 1.29 is 4.79 Å². The van der Waals surface area contributed by atoms with Crippen LogP contribution in [0.15, 0.2) is 36.7 Å². The minimum absolute atomic E-state index is 0.187. The van der Waals surface area contributed by atoms with E-state index in [1.807, 2.05) is 46.7 Å². The van der Waals surface area contributed by atoms with Gasteiger partial charge in [0.15, 0.2) is 5.79 Å². The predicted molar refractivity (Wildman–Crippen MR) is 103 cm³/mol. The lowest BCUT2D eigenvalue weighted by Crippen LogP contribution is -2.83. The molecule has 7 nitrogen and oxygen atoms in total. The summed E-state index contributed by atoms with van der Waals surface area (Å²) < 4.78 is 0. The first-order chi connectivity index (χ1) is 12.5. The van der Waals surface area contributed by atoms with Crippen LogP contribution in [0.2, 0.25) is 0 Å². The minimum Gasteiger partial charge on any atom is -0.322 e. The van der Waals surface area contributed by atoms with Crippen LogP contribution < -0.4 is 16.8 Å². The lowest BCUT2D eigenvalue weighted by Gasteiger charge is -2.55. The number of nitrogens with two attached hydrogens (primary N) is 2. The van der Waals surface area contributed by atoms with Crippen molar-refractivity contribution in [3.63, 3.8) is 0 Å². The number of amides is 1. The van der Waals surface area contributed by atoms with Crippen molar-refractivity contribution in [3.05, 3.63) is 36.7 Å². The molecule has 7 heteroatoms. The summed E-state index contributed by atoms with van der Waals surface area (Å²) >= 11 is 0. The second kappa shape index (κ2) is 8.35. The van der Waals surface area contributed by atoms with Crippen molar-refractivity contribution in [1.82, 2.24) is 20.2 Å². The van der Waals surface area contributed by atoms with Crippen molar-refractivity contribution in [2.24, 2.45) is 17.4 Å². The third-order valence-electron chi connectivity index (χ3n) is 5.55. The van der Waals surface area contributed by atoms with Crippen LogP contribution in [0.4, 0.5) is 0 Å². The number of allylic oxidation sites excluding steroid dienone is 4. The summed E-state index contributed by atoms with van der Waals surface area (Å²) in [7, 11) is 0. The lowest BCUT2D eigenvalue weighted by molar-refractivity contribution is -0.159. The van der Waals surface area contributed by atoms with Crippen molar-refractivity contribution in [3.8, 4) is 0 Å². The van der Waals surface area contributed by atoms with Crippen LogP contribution >= 0.6 is 0 Å². The van der Waals surface area contributed by atoms with Gasteiger partial charge in [-0.15, -0.1) is 0 Å². The Morgan fingerprint density at radius 3 is 2.38 bits per heavy atom. The van der Waals surface area contributed by atoms with E-state index in [2.05, 4.69) is 10.2 Å². The Labute approximate surface area is 156 Å². The molecule has 2 fully saturated rings. The van der Waals surface area contributed by atoms with Gasteiger partial charge < -0.3 is 11.1 Å². The highest BCUT2D eigenvalue weighted by atomic mass is 16.2. The number of hydrogen-bond donors (Lipinski definition) is 3. The highest BCUT2D eigenvalue weighted by Gasteiger charge is 2.48. The molecule has 1 saturated heterocycles. The first-order valence-corrected chi connectivity index (χ1v) is 9.65. The Morgan fingerprint density at radius 2 is 1.77 bits per heavy atom. The number of nitrogens with one attached hydrogen (secondary N) is 1. The largest absolute Gasteiger partial charge is 0.322 e. The molecule has 0 bridgehead atoms. The maximum absolute atomic E-state index is 11.9. The lowest BCUT2D eigenvalue weighted by atomic mass is 9.88. The Balaban J connectivity index is 1.78. The summed E-state index contributed by atoms with van der Waals surface area (Å²) in [6.45, 7) is 3.93. The second-order valence-electron chi connectivity index (χ2n) is 7.52. The highest BCUT2D eigenvalue weighted by molar-refractivity contribution is 5.73. The number of hydrogen-bond acceptors (Lipinski definition) is 6. The van der Waals surface area contributed by atoms with Crippen molar-refractivity contribution >= 4 is 5.91 Å². The fourth-order valence-corrected chi connectivity index (χ4v) is 4.23. The van der Waals surface area contributed by atoms with Gasteiger partial charge in [-0.25, -0.2) is 0 Å². The Kier molecular flexibility index (Phi) is 6.13. The Bertz CT molecular complexity index is 567. The molecular weight excluding hydrogens is 328 g/mol. The number of carbonyl (C=O) groups is 1. The molecule has 1 amide bonds. The second-order valence-corrected chi connectivity index (χ2v) is 7.52. The van der Waals surface area contributed by atoms with Crippen molar-refractivity contribution in [2.75, 3.05) is 19.6 Å². The standard InChI is InChI=1S/C19H32N6O/c1-16(26)22-19(21)18(20)23(15-17-9-5-4-6-10-17)13-14-25(19)24-11-7-2-3-8-12-24/h2-3,7-8,11-12,17-18H,4-6,9-10,13-15,20-21H2,1H3,(H,22,26). The van der Waals surface area contributed by atoms with Crippen molar-refractivity contribution in [2.45, 2.75) is 51.0 Å². The molecule has 0 aromatic carbocycles. The molecule has 2 unspecified atom stereocenters. The third-order valence-corrected chi connectivity index (χ3v) is 5.55. The molecule has 0 radical (unpaired) electrons. The van der Waals surface area contributed by atoms with Crippen LogP contribution in [-0.4, -0.2) is 52.4 Å². The fourth-order valence-electron chi connectivity index (χ4n) is 4.23. The maximum Gasteiger partial charge on any atom is 0.219 e. The number of piperazine rings is 1. The topological polar surface area (TPSA) is 90.9 Å². The highest BCUT2D eigenvalue weighted by Crippen LogP contribution is 2.28. The summed E-state index contributed by atoms with van der Waals surface area (Å²) in [5.74, 6) is -0.684. The molecule has 3 rings (SSSR count). The minimum atomic E-state index is -1.17. The molecule has 1 aliphatic carbocycles. The summed E-state index contributed by atoms with van der Waals surface area (Å²) in [6, 6.07) is 0. The third kappa shape index (κ3) is 4.17. The Hall–Kier alpha value is -1.67. The van der Waals surface area contributed by atoms with E-state index in [1.165, 1.54) is 39.0 Å². The van der Waals surface area contributed by atoms with E-state index in [0.717, 1.165) is 13.1 Å². The van der Waals surface area contributed by atoms with E-state index in [-0.39, 0.29) is 5.91 Å². The molecule has 0 aromatic rings. The van der Waals surface area contributed by atoms with Gasteiger partial charge >= 0.3 is 0 Å². The number of nitrogens with zero attached hydrogens (tertiary/aromatic N) is 3. The van der Waals surface area contributed by atoms with Crippen LogP contribution in [0.1, 0.15) is 39.0 Å². The van der Waals surface area contributed by atoms with Gasteiger partial charge in [0.05, 0.1) is 0 Å². The summed E-state index contributed by atoms with van der Waals surface area (Å²) in [5, 5.41) is 6.76. The maximum atomic E-state index is 11.9. The van der Waals surface area contributed by atoms with Gasteiger partial charge in [0.2, 0.25) is 5.91 Å². The van der Waals surface area contributed by atoms with Crippen LogP contribution in [0, 0.1) is 5.92 Å². The predicted octanol–water partition coefficient (Wildman–Crippen LogP) is 1.03. The van der Waals surface area contributed by atoms with Gasteiger partial charge in [-0.2, -0.15) is 5.01 Å². The van der Waals surface area contributed by atoms with E-state index in [0.29, 0.717) is 12.5 Å². The molecule has 2 heterocycles. The van der Waals surface area contributed by atoms with E-state index in [1.54, 1.807) is 0 Å². The summed E-state index contributed by atoms with van der Waals surface area (Å²) in [5.41, 5.74) is 13.3. The van der Waals surface area contributed by atoms with Gasteiger partial charge in [-0.1, -0.05) is 31.4 Å². The molecule has 0 aromatic heterocycles. The van der Waals surface area contributed by atoms with Gasteiger partial charge in [0.25, 0.3) is 0 Å². The number of carbonyl (C=O) groups excluding carboxylic acids is 1. The van der Waals surface area contributed by atoms with E-state index in [4.69, 9.17) is 11.5 Å².